The summed E-state index contributed by atoms with van der Waals surface area (Å²) in [5.74, 6) is -0.0972. The second-order valence-corrected chi connectivity index (χ2v) is 8.75. The van der Waals surface area contributed by atoms with Crippen LogP contribution < -0.4 is 11.3 Å². The molecule has 2 N–H and O–H groups in total. The van der Waals surface area contributed by atoms with Crippen molar-refractivity contribution in [2.45, 2.75) is 57.1 Å². The summed E-state index contributed by atoms with van der Waals surface area (Å²) < 4.78 is 1.65. The van der Waals surface area contributed by atoms with Gasteiger partial charge in [-0.2, -0.15) is 0 Å². The Morgan fingerprint density at radius 2 is 1.78 bits per heavy atom. The van der Waals surface area contributed by atoms with Crippen LogP contribution in [0.15, 0.2) is 58.5 Å². The van der Waals surface area contributed by atoms with Gasteiger partial charge in [0, 0.05) is 18.5 Å². The maximum Gasteiger partial charge on any atom is 0.262 e. The van der Waals surface area contributed by atoms with Crippen LogP contribution in [0.25, 0.3) is 10.9 Å². The maximum atomic E-state index is 13.1. The van der Waals surface area contributed by atoms with E-state index in [-0.39, 0.29) is 23.0 Å². The Hall–Kier alpha value is -2.93. The van der Waals surface area contributed by atoms with Crippen LogP contribution >= 0.6 is 11.8 Å². The monoisotopic (exact) mass is 451 g/mol. The lowest BCUT2D eigenvalue weighted by Gasteiger charge is -2.13. The molecule has 0 aliphatic rings. The van der Waals surface area contributed by atoms with E-state index < -0.39 is 0 Å². The van der Waals surface area contributed by atoms with Gasteiger partial charge in [0.2, 0.25) is 5.91 Å². The third-order valence-electron chi connectivity index (χ3n) is 5.28. The predicted octanol–water partition coefficient (Wildman–Crippen LogP) is 4.37. The van der Waals surface area contributed by atoms with Gasteiger partial charge in [-0.25, -0.2) is 4.98 Å². The molecule has 1 aromatic heterocycles. The molecule has 3 aromatic rings. The quantitative estimate of drug-likeness (QED) is 0.191. The van der Waals surface area contributed by atoms with Gasteiger partial charge in [-0.1, -0.05) is 67.9 Å². The second-order valence-electron chi connectivity index (χ2n) is 7.80. The summed E-state index contributed by atoms with van der Waals surface area (Å²) in [6, 6.07) is 15.0. The van der Waals surface area contributed by atoms with Gasteiger partial charge in [-0.3, -0.25) is 19.0 Å². The number of unbranched alkanes of at least 4 members (excludes halogenated alkanes) is 2. The van der Waals surface area contributed by atoms with E-state index in [1.54, 1.807) is 10.6 Å². The lowest BCUT2D eigenvalue weighted by atomic mass is 10.1. The molecule has 0 bridgehead atoms. The molecule has 168 valence electrons. The summed E-state index contributed by atoms with van der Waals surface area (Å²) in [5.41, 5.74) is 7.60. The fourth-order valence-corrected chi connectivity index (χ4v) is 4.48. The van der Waals surface area contributed by atoms with E-state index in [0.717, 1.165) is 25.7 Å². The number of thioether (sulfide) groups is 1. The minimum absolute atomic E-state index is 0.00784. The second kappa shape index (κ2) is 11.6. The molecule has 0 saturated heterocycles. The van der Waals surface area contributed by atoms with E-state index >= 15 is 0 Å². The average molecular weight is 452 g/mol. The lowest BCUT2D eigenvalue weighted by molar-refractivity contribution is -0.118. The van der Waals surface area contributed by atoms with Gasteiger partial charge in [-0.05, 0) is 37.0 Å². The highest BCUT2D eigenvalue weighted by Gasteiger charge is 2.14. The summed E-state index contributed by atoms with van der Waals surface area (Å²) in [6.07, 6.45) is 4.62. The van der Waals surface area contributed by atoms with Gasteiger partial charge >= 0.3 is 0 Å². The van der Waals surface area contributed by atoms with E-state index in [0.29, 0.717) is 41.0 Å². The standard InChI is InChI=1S/C25H29N3O3S/c1-2-8-18-12-14-19(15-13-18)22(29)17-32-25-27-21-10-6-5-9-20(21)24(31)28(25)16-7-3-4-11-23(26)30/h5-6,9-10,12-15H,2-4,7-8,11,16-17H2,1H3,(H2,26,30). The van der Waals surface area contributed by atoms with E-state index in [9.17, 15) is 14.4 Å². The first-order valence-corrected chi connectivity index (χ1v) is 12.0. The zero-order chi connectivity index (χ0) is 22.9. The molecule has 0 unspecified atom stereocenters. The summed E-state index contributed by atoms with van der Waals surface area (Å²) >= 11 is 1.29. The Kier molecular flexibility index (Phi) is 8.62. The molecule has 2 aromatic carbocycles. The van der Waals surface area contributed by atoms with Crippen molar-refractivity contribution in [3.05, 3.63) is 70.0 Å². The average Bonchev–Trinajstić information content (AvgIpc) is 2.79. The van der Waals surface area contributed by atoms with Crippen molar-refractivity contribution in [2.24, 2.45) is 5.73 Å². The number of rotatable bonds is 12. The molecule has 0 radical (unpaired) electrons. The molecule has 1 heterocycles. The van der Waals surface area contributed by atoms with Gasteiger partial charge < -0.3 is 5.73 Å². The van der Waals surface area contributed by atoms with Crippen LogP contribution in [0.5, 0.6) is 0 Å². The van der Waals surface area contributed by atoms with Gasteiger partial charge in [0.25, 0.3) is 5.56 Å². The summed E-state index contributed by atoms with van der Waals surface area (Å²) in [7, 11) is 0. The number of carbonyl (C=O) groups is 2. The third-order valence-corrected chi connectivity index (χ3v) is 6.25. The fourth-order valence-electron chi connectivity index (χ4n) is 3.56. The van der Waals surface area contributed by atoms with Crippen LogP contribution in [0.4, 0.5) is 0 Å². The minimum Gasteiger partial charge on any atom is -0.370 e. The highest BCUT2D eigenvalue weighted by molar-refractivity contribution is 7.99. The topological polar surface area (TPSA) is 95.1 Å². The molecule has 0 fully saturated rings. The number of hydrogen-bond acceptors (Lipinski definition) is 5. The van der Waals surface area contributed by atoms with Gasteiger partial charge in [0.1, 0.15) is 0 Å². The number of Topliss-reactive ketones (excluding diaryl/α,β-unsaturated/α-hetero) is 1. The van der Waals surface area contributed by atoms with Crippen molar-refractivity contribution in [2.75, 3.05) is 5.75 Å². The highest BCUT2D eigenvalue weighted by Crippen LogP contribution is 2.20. The number of ketones is 1. The number of aromatic nitrogens is 2. The Labute approximate surface area is 192 Å². The van der Waals surface area contributed by atoms with Crippen LogP contribution in [0.2, 0.25) is 0 Å². The number of aryl methyl sites for hydroxylation is 1. The number of benzene rings is 2. The molecule has 1 amide bonds. The Balaban J connectivity index is 1.75. The van der Waals surface area contributed by atoms with Crippen LogP contribution in [0.3, 0.4) is 0 Å². The lowest BCUT2D eigenvalue weighted by Crippen LogP contribution is -2.24. The van der Waals surface area contributed by atoms with Crippen LogP contribution in [-0.4, -0.2) is 27.0 Å². The number of amides is 1. The molecule has 0 saturated carbocycles. The van der Waals surface area contributed by atoms with Gasteiger partial charge in [-0.15, -0.1) is 0 Å². The van der Waals surface area contributed by atoms with Gasteiger partial charge in [0.05, 0.1) is 16.7 Å². The Bertz CT molecular complexity index is 1140. The van der Waals surface area contributed by atoms with Crippen molar-refractivity contribution in [1.82, 2.24) is 9.55 Å². The summed E-state index contributed by atoms with van der Waals surface area (Å²) in [6.45, 7) is 2.61. The summed E-state index contributed by atoms with van der Waals surface area (Å²) in [5, 5.41) is 1.10. The molecule has 0 spiro atoms. The minimum atomic E-state index is -0.313. The number of nitrogens with zero attached hydrogens (tertiary/aromatic N) is 2. The number of nitrogens with two attached hydrogens (primary N) is 1. The molecule has 32 heavy (non-hydrogen) atoms. The van der Waals surface area contributed by atoms with Crippen LogP contribution in [-0.2, 0) is 17.8 Å². The molecular formula is C25H29N3O3S. The van der Waals surface area contributed by atoms with E-state index in [2.05, 4.69) is 11.9 Å². The van der Waals surface area contributed by atoms with E-state index in [4.69, 9.17) is 5.73 Å². The van der Waals surface area contributed by atoms with Crippen LogP contribution in [0.1, 0.15) is 54.9 Å². The zero-order valence-electron chi connectivity index (χ0n) is 18.4. The molecule has 6 nitrogen and oxygen atoms in total. The molecular weight excluding hydrogens is 422 g/mol. The SMILES string of the molecule is CCCc1ccc(C(=O)CSc2nc3ccccc3c(=O)n2CCCCCC(N)=O)cc1. The predicted molar refractivity (Wildman–Crippen MR) is 129 cm³/mol. The smallest absolute Gasteiger partial charge is 0.262 e. The maximum absolute atomic E-state index is 13.1. The highest BCUT2D eigenvalue weighted by atomic mass is 32.2. The number of fused-ring (bicyclic) bond motifs is 1. The molecule has 0 atom stereocenters. The van der Waals surface area contributed by atoms with Crippen molar-refractivity contribution in [3.63, 3.8) is 0 Å². The first kappa shape index (κ1) is 23.7. The van der Waals surface area contributed by atoms with Crippen molar-refractivity contribution >= 4 is 34.4 Å². The van der Waals surface area contributed by atoms with Crippen molar-refractivity contribution in [1.29, 1.82) is 0 Å². The number of hydrogen-bond donors (Lipinski definition) is 1. The summed E-state index contributed by atoms with van der Waals surface area (Å²) in [4.78, 5) is 41.4. The molecule has 7 heteroatoms. The molecule has 0 aliphatic heterocycles. The fraction of sp³-hybridized carbons (Fsp3) is 0.360. The van der Waals surface area contributed by atoms with E-state index in [1.807, 2.05) is 42.5 Å². The number of primary amides is 1. The molecule has 3 rings (SSSR count). The first-order valence-electron chi connectivity index (χ1n) is 11.0. The third kappa shape index (κ3) is 6.29. The molecule has 0 aliphatic carbocycles. The number of para-hydroxylation sites is 1. The normalized spacial score (nSPS) is 11.0. The number of carbonyl (C=O) groups excluding carboxylic acids is 2. The Morgan fingerprint density at radius 1 is 1.03 bits per heavy atom. The first-order chi connectivity index (χ1) is 15.5. The van der Waals surface area contributed by atoms with Crippen molar-refractivity contribution in [3.8, 4) is 0 Å². The largest absolute Gasteiger partial charge is 0.370 e. The van der Waals surface area contributed by atoms with Gasteiger partial charge in [0.15, 0.2) is 10.9 Å². The van der Waals surface area contributed by atoms with E-state index in [1.165, 1.54) is 17.3 Å². The Morgan fingerprint density at radius 3 is 2.50 bits per heavy atom. The van der Waals surface area contributed by atoms with Crippen LogP contribution in [0, 0.1) is 0 Å². The zero-order valence-corrected chi connectivity index (χ0v) is 19.2. The van der Waals surface area contributed by atoms with Crippen molar-refractivity contribution < 1.29 is 9.59 Å².